The van der Waals surface area contributed by atoms with E-state index in [4.69, 9.17) is 14.5 Å². The molecule has 0 radical (unpaired) electrons. The van der Waals surface area contributed by atoms with Crippen molar-refractivity contribution in [3.63, 3.8) is 0 Å². The van der Waals surface area contributed by atoms with Crippen molar-refractivity contribution in [1.82, 2.24) is 19.6 Å². The van der Waals surface area contributed by atoms with Crippen LogP contribution in [0, 0.1) is 12.8 Å². The lowest BCUT2D eigenvalue weighted by molar-refractivity contribution is 0.0317. The summed E-state index contributed by atoms with van der Waals surface area (Å²) >= 11 is 0. The molecular weight excluding hydrogens is 440 g/mol. The zero-order chi connectivity index (χ0) is 23.6. The second kappa shape index (κ2) is 9.95. The van der Waals surface area contributed by atoms with E-state index < -0.39 is 10.0 Å². The van der Waals surface area contributed by atoms with Crippen molar-refractivity contribution in [1.29, 1.82) is 0 Å². The highest BCUT2D eigenvalue weighted by Crippen LogP contribution is 2.42. The first-order valence-corrected chi connectivity index (χ1v) is 13.3. The second-order valence-electron chi connectivity index (χ2n) is 9.00. The highest BCUT2D eigenvalue weighted by Gasteiger charge is 2.41. The van der Waals surface area contributed by atoms with Crippen molar-refractivity contribution < 1.29 is 17.9 Å². The molecule has 4 unspecified atom stereocenters. The Balaban J connectivity index is 1.52. The van der Waals surface area contributed by atoms with Crippen LogP contribution in [0.25, 0.3) is 11.3 Å². The molecule has 3 aliphatic rings. The van der Waals surface area contributed by atoms with Crippen LogP contribution in [0.3, 0.4) is 0 Å². The molecule has 4 atom stereocenters. The van der Waals surface area contributed by atoms with E-state index in [1.54, 1.807) is 14.2 Å². The third-order valence-corrected chi connectivity index (χ3v) is 8.36. The molecule has 1 aromatic heterocycles. The number of methoxy groups -OCH3 is 2. The standard InChI is InChI=1S/C24H34N4O4S/c1-5-10-33(29,30)25-14-19-11-17-8-9-28(19)15-20(17)22-13-21(26-16(2)27-22)18-6-7-23(31-3)24(12-18)32-4/h6-7,12-13,17,19-20,25H,5,8-11,14-15H2,1-4H3. The summed E-state index contributed by atoms with van der Waals surface area (Å²) in [6, 6.07) is 8.17. The normalized spacial score (nSPS) is 24.6. The molecule has 0 aliphatic carbocycles. The Morgan fingerprint density at radius 1 is 1.15 bits per heavy atom. The minimum Gasteiger partial charge on any atom is -0.493 e. The molecule has 9 heteroatoms. The molecule has 180 valence electrons. The third kappa shape index (κ3) is 5.31. The van der Waals surface area contributed by atoms with Crippen molar-refractivity contribution in [2.24, 2.45) is 5.92 Å². The molecule has 33 heavy (non-hydrogen) atoms. The molecule has 3 fully saturated rings. The van der Waals surface area contributed by atoms with Gasteiger partial charge in [0.15, 0.2) is 11.5 Å². The molecular formula is C24H34N4O4S. The van der Waals surface area contributed by atoms with Crippen molar-refractivity contribution in [2.75, 3.05) is 39.6 Å². The van der Waals surface area contributed by atoms with Crippen molar-refractivity contribution in [2.45, 2.75) is 45.1 Å². The maximum Gasteiger partial charge on any atom is 0.211 e. The van der Waals surface area contributed by atoms with Gasteiger partial charge in [0.1, 0.15) is 5.82 Å². The highest BCUT2D eigenvalue weighted by molar-refractivity contribution is 7.89. The van der Waals surface area contributed by atoms with Gasteiger partial charge in [0.25, 0.3) is 0 Å². The van der Waals surface area contributed by atoms with Gasteiger partial charge in [-0.15, -0.1) is 0 Å². The Bertz CT molecular complexity index is 1090. The molecule has 5 rings (SSSR count). The van der Waals surface area contributed by atoms with Crippen LogP contribution >= 0.6 is 0 Å². The largest absolute Gasteiger partial charge is 0.493 e. The Labute approximate surface area is 196 Å². The number of nitrogens with zero attached hydrogens (tertiary/aromatic N) is 3. The number of rotatable bonds is 9. The van der Waals surface area contributed by atoms with Crippen LogP contribution in [0.2, 0.25) is 0 Å². The second-order valence-corrected chi connectivity index (χ2v) is 10.9. The lowest BCUT2D eigenvalue weighted by atomic mass is 9.74. The van der Waals surface area contributed by atoms with E-state index in [0.717, 1.165) is 48.7 Å². The topological polar surface area (TPSA) is 93.7 Å². The maximum absolute atomic E-state index is 12.1. The minimum atomic E-state index is -3.18. The lowest BCUT2D eigenvalue weighted by Gasteiger charge is -2.49. The van der Waals surface area contributed by atoms with E-state index in [9.17, 15) is 8.42 Å². The number of sulfonamides is 1. The molecule has 3 saturated heterocycles. The fourth-order valence-electron chi connectivity index (χ4n) is 5.17. The molecule has 8 nitrogen and oxygen atoms in total. The van der Waals surface area contributed by atoms with E-state index in [-0.39, 0.29) is 11.8 Å². The van der Waals surface area contributed by atoms with E-state index in [1.807, 2.05) is 32.0 Å². The summed E-state index contributed by atoms with van der Waals surface area (Å²) in [6.07, 6.45) is 2.72. The van der Waals surface area contributed by atoms with Crippen molar-refractivity contribution in [3.05, 3.63) is 35.8 Å². The van der Waals surface area contributed by atoms with Gasteiger partial charge < -0.3 is 9.47 Å². The number of piperidine rings is 3. The molecule has 3 aliphatic heterocycles. The predicted octanol–water partition coefficient (Wildman–Crippen LogP) is 2.98. The summed E-state index contributed by atoms with van der Waals surface area (Å²) in [5.41, 5.74) is 2.90. The van der Waals surface area contributed by atoms with E-state index in [1.165, 1.54) is 0 Å². The predicted molar refractivity (Wildman–Crippen MR) is 128 cm³/mol. The maximum atomic E-state index is 12.1. The third-order valence-electron chi connectivity index (χ3n) is 6.81. The molecule has 4 heterocycles. The first-order chi connectivity index (χ1) is 15.8. The van der Waals surface area contributed by atoms with Crippen molar-refractivity contribution in [3.8, 4) is 22.8 Å². The highest BCUT2D eigenvalue weighted by atomic mass is 32.2. The lowest BCUT2D eigenvalue weighted by Crippen LogP contribution is -2.56. The number of ether oxygens (including phenoxy) is 2. The quantitative estimate of drug-likeness (QED) is 0.597. The fraction of sp³-hybridized carbons (Fsp3) is 0.583. The van der Waals surface area contributed by atoms with Crippen LogP contribution < -0.4 is 14.2 Å². The summed E-state index contributed by atoms with van der Waals surface area (Å²) in [5, 5.41) is 0. The molecule has 0 spiro atoms. The molecule has 1 aromatic carbocycles. The number of hydrogen-bond donors (Lipinski definition) is 1. The molecule has 2 bridgehead atoms. The number of hydrogen-bond acceptors (Lipinski definition) is 7. The Kier molecular flexibility index (Phi) is 7.21. The van der Waals surface area contributed by atoms with Crippen LogP contribution in [-0.4, -0.2) is 68.9 Å². The molecule has 0 saturated carbocycles. The van der Waals surface area contributed by atoms with Gasteiger partial charge in [-0.1, -0.05) is 6.92 Å². The zero-order valence-corrected chi connectivity index (χ0v) is 20.7. The Morgan fingerprint density at radius 3 is 2.61 bits per heavy atom. The minimum absolute atomic E-state index is 0.185. The van der Waals surface area contributed by atoms with Gasteiger partial charge in [-0.3, -0.25) is 4.90 Å². The molecule has 1 N–H and O–H groups in total. The fourth-order valence-corrected chi connectivity index (χ4v) is 6.30. The van der Waals surface area contributed by atoms with Crippen LogP contribution in [0.5, 0.6) is 11.5 Å². The van der Waals surface area contributed by atoms with Crippen LogP contribution in [0.1, 0.15) is 43.6 Å². The first-order valence-electron chi connectivity index (χ1n) is 11.6. The number of benzene rings is 1. The number of fused-ring (bicyclic) bond motifs is 3. The first kappa shape index (κ1) is 23.9. The molecule has 0 amide bonds. The van der Waals surface area contributed by atoms with Gasteiger partial charge in [-0.2, -0.15) is 0 Å². The van der Waals surface area contributed by atoms with Crippen LogP contribution in [0.4, 0.5) is 0 Å². The van der Waals surface area contributed by atoms with E-state index in [2.05, 4.69) is 20.7 Å². The average Bonchev–Trinajstić information content (AvgIpc) is 2.82. The summed E-state index contributed by atoms with van der Waals surface area (Å²) in [5.74, 6) is 3.10. The average molecular weight is 475 g/mol. The Hall–Kier alpha value is -2.23. The van der Waals surface area contributed by atoms with E-state index >= 15 is 0 Å². The summed E-state index contributed by atoms with van der Waals surface area (Å²) in [7, 11) is 0.0714. The summed E-state index contributed by atoms with van der Waals surface area (Å²) < 4.78 is 37.8. The van der Waals surface area contributed by atoms with Crippen molar-refractivity contribution >= 4 is 10.0 Å². The Morgan fingerprint density at radius 2 is 1.94 bits per heavy atom. The smallest absolute Gasteiger partial charge is 0.211 e. The number of aryl methyl sites for hydroxylation is 1. The monoisotopic (exact) mass is 474 g/mol. The summed E-state index contributed by atoms with van der Waals surface area (Å²) in [6.45, 7) is 6.21. The van der Waals surface area contributed by atoms with Gasteiger partial charge in [0.2, 0.25) is 10.0 Å². The zero-order valence-electron chi connectivity index (χ0n) is 19.9. The van der Waals surface area contributed by atoms with Crippen LogP contribution in [0.15, 0.2) is 24.3 Å². The van der Waals surface area contributed by atoms with Crippen LogP contribution in [-0.2, 0) is 10.0 Å². The summed E-state index contributed by atoms with van der Waals surface area (Å²) in [4.78, 5) is 11.9. The number of nitrogens with one attached hydrogen (secondary N) is 1. The number of aromatic nitrogens is 2. The van der Waals surface area contributed by atoms with Gasteiger partial charge in [-0.05, 0) is 62.9 Å². The van der Waals surface area contributed by atoms with Gasteiger partial charge in [-0.25, -0.2) is 23.1 Å². The van der Waals surface area contributed by atoms with E-state index in [0.29, 0.717) is 36.3 Å². The van der Waals surface area contributed by atoms with Gasteiger partial charge >= 0.3 is 0 Å². The molecule has 2 aromatic rings. The van der Waals surface area contributed by atoms with Gasteiger partial charge in [0.05, 0.1) is 25.7 Å². The van der Waals surface area contributed by atoms with Gasteiger partial charge in [0, 0.05) is 36.3 Å². The SMILES string of the molecule is CCCS(=O)(=O)NCC1CC2CCN1CC2c1cc(-c2ccc(OC)c(OC)c2)nc(C)n1.